The van der Waals surface area contributed by atoms with Gasteiger partial charge < -0.3 is 29.7 Å². The fourth-order valence-corrected chi connectivity index (χ4v) is 1.29. The van der Waals surface area contributed by atoms with E-state index in [2.05, 4.69) is 4.74 Å². The van der Waals surface area contributed by atoms with Crippen LogP contribution in [0.3, 0.4) is 0 Å². The molecule has 1 aromatic carbocycles. The fourth-order valence-electron chi connectivity index (χ4n) is 1.29. The van der Waals surface area contributed by atoms with E-state index in [1.165, 1.54) is 19.2 Å². The minimum atomic E-state index is -1.50. The van der Waals surface area contributed by atoms with Gasteiger partial charge in [-0.1, -0.05) is 0 Å². The molecule has 15 heteroatoms. The van der Waals surface area contributed by atoms with E-state index >= 15 is 0 Å². The van der Waals surface area contributed by atoms with Crippen LogP contribution in [0.25, 0.3) is 0 Å². The van der Waals surface area contributed by atoms with E-state index < -0.39 is 16.1 Å². The summed E-state index contributed by atoms with van der Waals surface area (Å²) in [6, 6.07) is 2.55. The maximum absolute atomic E-state index is 11.0. The van der Waals surface area contributed by atoms with Gasteiger partial charge in [0.1, 0.15) is 11.3 Å². The Morgan fingerprint density at radius 1 is 1.15 bits per heavy atom. The quantitative estimate of drug-likeness (QED) is 0.245. The molecule has 0 heterocycles. The summed E-state index contributed by atoms with van der Waals surface area (Å²) in [4.78, 5) is 38.0. The van der Waals surface area contributed by atoms with Gasteiger partial charge in [-0.25, -0.2) is 4.79 Å². The number of carboxylic acids is 1. The van der Waals surface area contributed by atoms with Crippen LogP contribution in [0, 0.1) is 20.2 Å². The van der Waals surface area contributed by atoms with Crippen molar-refractivity contribution in [1.29, 1.82) is 0 Å². The van der Waals surface area contributed by atoms with E-state index in [4.69, 9.17) is 45.2 Å². The summed E-state index contributed by atoms with van der Waals surface area (Å²) in [5.41, 5.74) is -0.0609. The minimum Gasteiger partial charge on any atom is -0.496 e. The second-order valence-electron chi connectivity index (χ2n) is 3.43. The van der Waals surface area contributed by atoms with E-state index in [1.54, 1.807) is 6.92 Å². The standard InChI is InChI=1S/C11H12O6.2HNO3.Zn/c1-3-16-9-4-7(11(13)14)8(15-2)5-10(9)17-6-12;2*2-1(3)4;/h4-6H,3H2,1-2H3,(H,13,14);2*(H,2,3,4);. The summed E-state index contributed by atoms with van der Waals surface area (Å²) < 4.78 is 14.8. The van der Waals surface area contributed by atoms with Gasteiger partial charge in [0.25, 0.3) is 16.6 Å². The van der Waals surface area contributed by atoms with Gasteiger partial charge >= 0.3 is 5.97 Å². The molecule has 0 spiro atoms. The number of carboxylic acid groups (broad SMARTS) is 1. The Labute approximate surface area is 157 Å². The first kappa shape index (κ1) is 27.6. The molecule has 14 nitrogen and oxygen atoms in total. The van der Waals surface area contributed by atoms with Crippen molar-refractivity contribution in [2.75, 3.05) is 13.7 Å². The predicted octanol–water partition coefficient (Wildman–Crippen LogP) is 0.629. The smallest absolute Gasteiger partial charge is 0.339 e. The molecule has 0 bridgehead atoms. The number of ether oxygens (including phenoxy) is 3. The Morgan fingerprint density at radius 3 is 1.92 bits per heavy atom. The SMILES string of the molecule is CCOc1cc(C(=O)O)c(OC)cc1OC=O.O=[N+]([O-])O.O=[N+]([O-])O.[Zn]. The maximum Gasteiger partial charge on any atom is 0.339 e. The van der Waals surface area contributed by atoms with Gasteiger partial charge in [-0.2, -0.15) is 0 Å². The zero-order chi connectivity index (χ0) is 20.0. The van der Waals surface area contributed by atoms with Crippen LogP contribution in [-0.2, 0) is 24.3 Å². The number of carbonyl (C=O) groups is 2. The number of benzene rings is 1. The van der Waals surface area contributed by atoms with E-state index in [0.29, 0.717) is 6.61 Å². The third-order valence-electron chi connectivity index (χ3n) is 1.97. The van der Waals surface area contributed by atoms with Crippen LogP contribution in [0.5, 0.6) is 17.2 Å². The summed E-state index contributed by atoms with van der Waals surface area (Å²) in [5, 5.41) is 36.2. The minimum absolute atomic E-state index is 0. The molecule has 0 saturated heterocycles. The van der Waals surface area contributed by atoms with E-state index in [0.717, 1.165) is 0 Å². The van der Waals surface area contributed by atoms with Crippen molar-refractivity contribution in [2.45, 2.75) is 6.92 Å². The molecule has 3 N–H and O–H groups in total. The normalized spacial score (nSPS) is 8.08. The Hall–Kier alpha value is -3.22. The molecule has 142 valence electrons. The fraction of sp³-hybridized carbons (Fsp3) is 0.273. The molecule has 0 saturated carbocycles. The zero-order valence-corrected chi connectivity index (χ0v) is 16.5. The van der Waals surface area contributed by atoms with Crippen molar-refractivity contribution in [2.24, 2.45) is 0 Å². The first-order valence-corrected chi connectivity index (χ1v) is 5.95. The molecule has 1 rings (SSSR count). The Balaban J connectivity index is -0.000000497. The second kappa shape index (κ2) is 15.3. The summed E-state index contributed by atoms with van der Waals surface area (Å²) in [6.07, 6.45) is 0. The van der Waals surface area contributed by atoms with Crippen molar-refractivity contribution in [3.05, 3.63) is 37.9 Å². The summed E-state index contributed by atoms with van der Waals surface area (Å²) >= 11 is 0. The van der Waals surface area contributed by atoms with E-state index in [1.807, 2.05) is 0 Å². The van der Waals surface area contributed by atoms with Crippen molar-refractivity contribution >= 4 is 12.4 Å². The topological polar surface area (TPSA) is 209 Å². The van der Waals surface area contributed by atoms with Crippen LogP contribution in [0.15, 0.2) is 12.1 Å². The number of nitrogens with zero attached hydrogens (tertiary/aromatic N) is 2. The molecule has 0 aromatic heterocycles. The number of carbonyl (C=O) groups excluding carboxylic acids is 1. The van der Waals surface area contributed by atoms with Gasteiger partial charge in [-0.15, -0.1) is 20.2 Å². The first-order valence-electron chi connectivity index (χ1n) is 5.95. The first-order chi connectivity index (χ1) is 11.6. The van der Waals surface area contributed by atoms with Crippen molar-refractivity contribution in [1.82, 2.24) is 0 Å². The molecule has 0 aliphatic carbocycles. The van der Waals surface area contributed by atoms with Gasteiger partial charge in [-0.05, 0) is 6.92 Å². The summed E-state index contributed by atoms with van der Waals surface area (Å²) in [5.74, 6) is -0.764. The third kappa shape index (κ3) is 13.2. The summed E-state index contributed by atoms with van der Waals surface area (Å²) in [7, 11) is 1.33. The van der Waals surface area contributed by atoms with Gasteiger partial charge in [0.05, 0.1) is 13.7 Å². The largest absolute Gasteiger partial charge is 0.496 e. The zero-order valence-electron chi connectivity index (χ0n) is 13.6. The molecule has 1 aromatic rings. The molecular weight excluding hydrogens is 418 g/mol. The van der Waals surface area contributed by atoms with Crippen molar-refractivity contribution < 1.29 is 69.0 Å². The molecule has 0 atom stereocenters. The molecule has 0 aliphatic heterocycles. The second-order valence-corrected chi connectivity index (χ2v) is 3.43. The van der Waals surface area contributed by atoms with Crippen LogP contribution in [0.1, 0.15) is 17.3 Å². The van der Waals surface area contributed by atoms with Gasteiger partial charge in [-0.3, -0.25) is 4.79 Å². The Bertz CT molecular complexity index is 589. The van der Waals surface area contributed by atoms with E-state index in [-0.39, 0.29) is 48.8 Å². The third-order valence-corrected chi connectivity index (χ3v) is 1.97. The monoisotopic (exact) mass is 430 g/mol. The number of aromatic carboxylic acids is 1. The maximum atomic E-state index is 11.0. The van der Waals surface area contributed by atoms with Crippen LogP contribution in [0.4, 0.5) is 0 Å². The predicted molar refractivity (Wildman–Crippen MR) is 75.4 cm³/mol. The molecule has 0 amide bonds. The van der Waals surface area contributed by atoms with Crippen molar-refractivity contribution in [3.63, 3.8) is 0 Å². The number of hydrogen-bond acceptors (Lipinski definition) is 9. The van der Waals surface area contributed by atoms with Crippen LogP contribution in [-0.4, -0.2) is 51.9 Å². The molecule has 26 heavy (non-hydrogen) atoms. The number of hydrogen-bond donors (Lipinski definition) is 3. The molecule has 0 unspecified atom stereocenters. The average molecular weight is 432 g/mol. The molecule has 0 aliphatic rings. The number of rotatable bonds is 6. The van der Waals surface area contributed by atoms with Crippen LogP contribution in [0.2, 0.25) is 0 Å². The van der Waals surface area contributed by atoms with Crippen LogP contribution < -0.4 is 14.2 Å². The Kier molecular flexibility index (Phi) is 16.3. The van der Waals surface area contributed by atoms with Gasteiger partial charge in [0, 0.05) is 31.6 Å². The molecule has 0 radical (unpaired) electrons. The van der Waals surface area contributed by atoms with Gasteiger partial charge in [0.2, 0.25) is 0 Å². The molecule has 0 fully saturated rings. The molecular formula is C11H14N2O12Zn. The average Bonchev–Trinajstić information content (AvgIpc) is 2.47. The van der Waals surface area contributed by atoms with Crippen LogP contribution >= 0.6 is 0 Å². The summed E-state index contributed by atoms with van der Waals surface area (Å²) in [6.45, 7) is 2.29. The van der Waals surface area contributed by atoms with E-state index in [9.17, 15) is 9.59 Å². The van der Waals surface area contributed by atoms with Gasteiger partial charge in [0.15, 0.2) is 11.5 Å². The Morgan fingerprint density at radius 2 is 1.62 bits per heavy atom. The number of methoxy groups -OCH3 is 1. The van der Waals surface area contributed by atoms with Crippen molar-refractivity contribution in [3.8, 4) is 17.2 Å².